The molecule has 0 N–H and O–H groups in total. The lowest BCUT2D eigenvalue weighted by molar-refractivity contribution is -0.121. The summed E-state index contributed by atoms with van der Waals surface area (Å²) >= 11 is 0.926. The van der Waals surface area contributed by atoms with Crippen molar-refractivity contribution in [3.63, 3.8) is 0 Å². The van der Waals surface area contributed by atoms with Crippen LogP contribution in [0.1, 0.15) is 11.1 Å². The van der Waals surface area contributed by atoms with E-state index in [0.717, 1.165) is 41.6 Å². The number of hydrogen-bond acceptors (Lipinski definition) is 6. The molecular formula is C27H23FN2O5S2. The summed E-state index contributed by atoms with van der Waals surface area (Å²) in [5, 5.41) is -0.0183. The highest BCUT2D eigenvalue weighted by atomic mass is 32.2. The average Bonchev–Trinajstić information content (AvgIpc) is 3.17. The van der Waals surface area contributed by atoms with E-state index in [2.05, 4.69) is 11.0 Å². The minimum absolute atomic E-state index is 0.0183. The zero-order valence-electron chi connectivity index (χ0n) is 19.8. The molecule has 1 aliphatic rings. The number of amidine groups is 1. The highest BCUT2D eigenvalue weighted by molar-refractivity contribution is 8.19. The van der Waals surface area contributed by atoms with E-state index in [4.69, 9.17) is 9.47 Å². The number of benzene rings is 3. The van der Waals surface area contributed by atoms with Gasteiger partial charge in [-0.1, -0.05) is 42.5 Å². The minimum Gasteiger partial charge on any atom is -0.493 e. The third kappa shape index (κ3) is 6.28. The van der Waals surface area contributed by atoms with Crippen molar-refractivity contribution >= 4 is 38.9 Å². The Hall–Kier alpha value is -3.89. The summed E-state index contributed by atoms with van der Waals surface area (Å²) in [7, 11) is -2.65. The van der Waals surface area contributed by atoms with Crippen molar-refractivity contribution < 1.29 is 27.1 Å². The van der Waals surface area contributed by atoms with E-state index in [1.807, 2.05) is 30.3 Å². The normalized spacial score (nSPS) is 15.8. The van der Waals surface area contributed by atoms with Crippen LogP contribution in [0.15, 0.2) is 99.6 Å². The van der Waals surface area contributed by atoms with Gasteiger partial charge in [0.25, 0.3) is 15.9 Å². The molecule has 190 valence electrons. The first kappa shape index (κ1) is 26.2. The predicted molar refractivity (Wildman–Crippen MR) is 142 cm³/mol. The molecule has 0 spiro atoms. The third-order valence-electron chi connectivity index (χ3n) is 5.23. The molecule has 0 bridgehead atoms. The fourth-order valence-corrected chi connectivity index (χ4v) is 5.60. The van der Waals surface area contributed by atoms with Crippen LogP contribution in [0.3, 0.4) is 0 Å². The average molecular weight is 539 g/mol. The lowest BCUT2D eigenvalue weighted by Gasteiger charge is -2.12. The van der Waals surface area contributed by atoms with Crippen molar-refractivity contribution in [2.45, 2.75) is 11.5 Å². The zero-order valence-corrected chi connectivity index (χ0v) is 21.5. The molecule has 0 atom stereocenters. The molecule has 0 radical (unpaired) electrons. The number of thioether (sulfide) groups is 1. The second-order valence-corrected chi connectivity index (χ2v) is 10.4. The van der Waals surface area contributed by atoms with Gasteiger partial charge in [-0.05, 0) is 65.4 Å². The first-order valence-electron chi connectivity index (χ1n) is 11.1. The Labute approximate surface area is 219 Å². The first-order valence-corrected chi connectivity index (χ1v) is 13.3. The van der Waals surface area contributed by atoms with E-state index in [9.17, 15) is 17.6 Å². The highest BCUT2D eigenvalue weighted by Crippen LogP contribution is 2.35. The molecule has 0 aromatic heterocycles. The monoisotopic (exact) mass is 538 g/mol. The van der Waals surface area contributed by atoms with Crippen LogP contribution in [-0.4, -0.2) is 38.0 Å². The van der Waals surface area contributed by atoms with Gasteiger partial charge >= 0.3 is 0 Å². The Morgan fingerprint density at radius 3 is 2.46 bits per heavy atom. The second kappa shape index (κ2) is 11.4. The SMILES string of the molecule is C=CCN1C(=O)C(=Cc2ccc(OCc3ccccc3)c(OC)c2)SC1=NS(=O)(=O)c1ccc(F)cc1. The van der Waals surface area contributed by atoms with Gasteiger partial charge in [-0.15, -0.1) is 11.0 Å². The van der Waals surface area contributed by atoms with Crippen LogP contribution in [-0.2, 0) is 21.4 Å². The maximum absolute atomic E-state index is 13.2. The van der Waals surface area contributed by atoms with Crippen LogP contribution in [0.4, 0.5) is 4.39 Å². The molecule has 0 unspecified atom stereocenters. The van der Waals surface area contributed by atoms with E-state index >= 15 is 0 Å². The number of carbonyl (C=O) groups excluding carboxylic acids is 1. The summed E-state index contributed by atoms with van der Waals surface area (Å²) in [6, 6.07) is 19.3. The molecular weight excluding hydrogens is 515 g/mol. The minimum atomic E-state index is -4.17. The van der Waals surface area contributed by atoms with Gasteiger partial charge in [0.2, 0.25) is 0 Å². The Morgan fingerprint density at radius 2 is 1.78 bits per heavy atom. The van der Waals surface area contributed by atoms with E-state index in [1.54, 1.807) is 24.3 Å². The maximum atomic E-state index is 13.2. The summed E-state index contributed by atoms with van der Waals surface area (Å²) in [6.45, 7) is 4.07. The van der Waals surface area contributed by atoms with E-state index < -0.39 is 21.7 Å². The van der Waals surface area contributed by atoms with Crippen molar-refractivity contribution in [3.8, 4) is 11.5 Å². The molecule has 1 saturated heterocycles. The Kier molecular flexibility index (Phi) is 8.10. The van der Waals surface area contributed by atoms with Crippen LogP contribution in [0.25, 0.3) is 6.08 Å². The summed E-state index contributed by atoms with van der Waals surface area (Å²) in [6.07, 6.45) is 3.10. The molecule has 7 nitrogen and oxygen atoms in total. The molecule has 37 heavy (non-hydrogen) atoms. The predicted octanol–water partition coefficient (Wildman–Crippen LogP) is 5.26. The molecule has 3 aromatic rings. The van der Waals surface area contributed by atoms with Crippen LogP contribution in [0.2, 0.25) is 0 Å². The fraction of sp³-hybridized carbons (Fsp3) is 0.111. The Balaban J connectivity index is 1.59. The lowest BCUT2D eigenvalue weighted by atomic mass is 10.1. The molecule has 1 aliphatic heterocycles. The maximum Gasteiger partial charge on any atom is 0.284 e. The number of nitrogens with zero attached hydrogens (tertiary/aromatic N) is 2. The molecule has 4 rings (SSSR count). The van der Waals surface area contributed by atoms with E-state index in [1.165, 1.54) is 18.1 Å². The summed E-state index contributed by atoms with van der Waals surface area (Å²) in [5.74, 6) is 0.0417. The number of sulfonamides is 1. The summed E-state index contributed by atoms with van der Waals surface area (Å²) < 4.78 is 54.0. The molecule has 10 heteroatoms. The van der Waals surface area contributed by atoms with Crippen molar-refractivity contribution in [2.24, 2.45) is 4.40 Å². The molecule has 1 fully saturated rings. The Morgan fingerprint density at radius 1 is 1.05 bits per heavy atom. The molecule has 1 amide bonds. The van der Waals surface area contributed by atoms with Crippen LogP contribution in [0, 0.1) is 5.82 Å². The third-order valence-corrected chi connectivity index (χ3v) is 7.64. The fourth-order valence-electron chi connectivity index (χ4n) is 3.41. The molecule has 1 heterocycles. The van der Waals surface area contributed by atoms with Crippen LogP contribution in [0.5, 0.6) is 11.5 Å². The van der Waals surface area contributed by atoms with Gasteiger partial charge in [0.1, 0.15) is 12.4 Å². The van der Waals surface area contributed by atoms with Gasteiger partial charge in [-0.3, -0.25) is 9.69 Å². The highest BCUT2D eigenvalue weighted by Gasteiger charge is 2.34. The summed E-state index contributed by atoms with van der Waals surface area (Å²) in [4.78, 5) is 14.4. The first-order chi connectivity index (χ1) is 17.8. The van der Waals surface area contributed by atoms with Crippen molar-refractivity contribution in [1.29, 1.82) is 0 Å². The zero-order chi connectivity index (χ0) is 26.4. The molecule has 0 aliphatic carbocycles. The van der Waals surface area contributed by atoms with Gasteiger partial charge in [0.15, 0.2) is 16.7 Å². The lowest BCUT2D eigenvalue weighted by Crippen LogP contribution is -2.29. The number of carbonyl (C=O) groups is 1. The largest absolute Gasteiger partial charge is 0.493 e. The molecule has 3 aromatic carbocycles. The van der Waals surface area contributed by atoms with Crippen molar-refractivity contribution in [2.75, 3.05) is 13.7 Å². The van der Waals surface area contributed by atoms with Crippen molar-refractivity contribution in [3.05, 3.63) is 107 Å². The topological polar surface area (TPSA) is 85.3 Å². The smallest absolute Gasteiger partial charge is 0.284 e. The van der Waals surface area contributed by atoms with Gasteiger partial charge in [-0.2, -0.15) is 8.42 Å². The van der Waals surface area contributed by atoms with E-state index in [-0.39, 0.29) is 21.5 Å². The van der Waals surface area contributed by atoms with Gasteiger partial charge in [0.05, 0.1) is 16.9 Å². The standard InChI is InChI=1S/C27H23FN2O5S2/c1-3-15-30-26(31)25(36-27(30)29-37(32,33)22-12-10-21(28)11-13-22)17-20-9-14-23(24(16-20)34-2)35-18-19-7-5-4-6-8-19/h3-14,16-17H,1,15,18H2,2H3. The van der Waals surface area contributed by atoms with Crippen molar-refractivity contribution in [1.82, 2.24) is 4.90 Å². The second-order valence-electron chi connectivity index (χ2n) is 7.80. The number of halogens is 1. The number of hydrogen-bond donors (Lipinski definition) is 0. The quantitative estimate of drug-likeness (QED) is 0.273. The van der Waals surface area contributed by atoms with Crippen LogP contribution < -0.4 is 9.47 Å². The van der Waals surface area contributed by atoms with E-state index in [0.29, 0.717) is 23.7 Å². The Bertz CT molecular complexity index is 1470. The summed E-state index contributed by atoms with van der Waals surface area (Å²) in [5.41, 5.74) is 1.66. The van der Waals surface area contributed by atoms with Gasteiger partial charge in [0, 0.05) is 6.54 Å². The van der Waals surface area contributed by atoms with Crippen LogP contribution >= 0.6 is 11.8 Å². The molecule has 0 saturated carbocycles. The van der Waals surface area contributed by atoms with Gasteiger partial charge in [-0.25, -0.2) is 4.39 Å². The number of amides is 1. The number of methoxy groups -OCH3 is 1. The number of ether oxygens (including phenoxy) is 2. The number of rotatable bonds is 9. The van der Waals surface area contributed by atoms with Gasteiger partial charge < -0.3 is 9.47 Å².